The molecule has 0 saturated heterocycles. The predicted octanol–water partition coefficient (Wildman–Crippen LogP) is 3.98. The first-order valence-electron chi connectivity index (χ1n) is 10.9. The van der Waals surface area contributed by atoms with Gasteiger partial charge in [0.05, 0.1) is 22.7 Å². The molecule has 0 bridgehead atoms. The van der Waals surface area contributed by atoms with E-state index in [1.807, 2.05) is 0 Å². The number of nitrogen functional groups attached to an aromatic ring is 1. The first kappa shape index (κ1) is 25.1. The molecule has 0 aliphatic heterocycles. The summed E-state index contributed by atoms with van der Waals surface area (Å²) in [5.41, 5.74) is 6.90. The molecule has 0 atom stereocenters. The van der Waals surface area contributed by atoms with Crippen LogP contribution in [0.2, 0.25) is 5.02 Å². The Kier molecular flexibility index (Phi) is 7.68. The largest absolute Gasteiger partial charge is 0.470 e. The molecule has 1 aromatic heterocycles. The molecule has 0 amide bonds. The molecule has 4 rings (SSSR count). The van der Waals surface area contributed by atoms with E-state index in [0.29, 0.717) is 29.4 Å². The van der Waals surface area contributed by atoms with Crippen LogP contribution in [0.5, 0.6) is 5.88 Å². The highest BCUT2D eigenvalue weighted by Gasteiger charge is 2.21. The van der Waals surface area contributed by atoms with E-state index in [9.17, 15) is 17.2 Å². The van der Waals surface area contributed by atoms with Gasteiger partial charge in [-0.2, -0.15) is 0 Å². The van der Waals surface area contributed by atoms with Crippen molar-refractivity contribution in [2.45, 2.75) is 19.4 Å². The minimum Gasteiger partial charge on any atom is -0.470 e. The average Bonchev–Trinajstić information content (AvgIpc) is 3.65. The molecule has 1 fully saturated rings. The third-order valence-corrected chi connectivity index (χ3v) is 7.07. The number of halogens is 3. The molecule has 186 valence electrons. The number of benzene rings is 2. The number of ether oxygens (including phenoxy) is 1. The number of nitrogens with two attached hydrogens (primary N) is 1. The highest BCUT2D eigenvalue weighted by atomic mass is 35.5. The van der Waals surface area contributed by atoms with Crippen LogP contribution < -0.4 is 20.5 Å². The van der Waals surface area contributed by atoms with E-state index in [2.05, 4.69) is 20.0 Å². The predicted molar refractivity (Wildman–Crippen MR) is 131 cm³/mol. The van der Waals surface area contributed by atoms with E-state index in [1.54, 1.807) is 24.3 Å². The van der Waals surface area contributed by atoms with Gasteiger partial charge in [0.1, 0.15) is 18.2 Å². The van der Waals surface area contributed by atoms with Gasteiger partial charge in [0, 0.05) is 23.4 Å². The number of hydrogen-bond donors (Lipinski definition) is 3. The van der Waals surface area contributed by atoms with Crippen LogP contribution in [0.15, 0.2) is 42.6 Å². The van der Waals surface area contributed by atoms with Crippen LogP contribution in [-0.2, 0) is 16.6 Å². The summed E-state index contributed by atoms with van der Waals surface area (Å²) in [6.45, 7) is 0.786. The van der Waals surface area contributed by atoms with Crippen molar-refractivity contribution in [3.05, 3.63) is 64.8 Å². The SMILES string of the molecule is Nc1ncc(-c2cccc(NS(=O)(=O)CCNCC3CC3)c2)nc1OCc1c(F)ccc(F)c1Cl. The molecule has 8 nitrogen and oxygen atoms in total. The van der Waals surface area contributed by atoms with Gasteiger partial charge in [0.2, 0.25) is 10.0 Å². The van der Waals surface area contributed by atoms with E-state index in [-0.39, 0.29) is 23.0 Å². The molecule has 0 unspecified atom stereocenters. The number of hydrogen-bond acceptors (Lipinski definition) is 7. The number of rotatable bonds is 11. The number of anilines is 2. The fourth-order valence-electron chi connectivity index (χ4n) is 3.28. The van der Waals surface area contributed by atoms with E-state index in [4.69, 9.17) is 22.1 Å². The Bertz CT molecular complexity index is 1320. The van der Waals surface area contributed by atoms with E-state index in [0.717, 1.165) is 18.7 Å². The molecule has 2 aromatic carbocycles. The third-order valence-electron chi connectivity index (χ3n) is 5.37. The summed E-state index contributed by atoms with van der Waals surface area (Å²) in [7, 11) is -3.55. The van der Waals surface area contributed by atoms with E-state index >= 15 is 0 Å². The molecule has 0 radical (unpaired) electrons. The van der Waals surface area contributed by atoms with Gasteiger partial charge < -0.3 is 15.8 Å². The van der Waals surface area contributed by atoms with Gasteiger partial charge in [-0.25, -0.2) is 27.2 Å². The summed E-state index contributed by atoms with van der Waals surface area (Å²) in [4.78, 5) is 8.35. The third kappa shape index (κ3) is 6.77. The molecule has 1 saturated carbocycles. The smallest absolute Gasteiger partial charge is 0.258 e. The Morgan fingerprint density at radius 1 is 1.17 bits per heavy atom. The summed E-state index contributed by atoms with van der Waals surface area (Å²) >= 11 is 5.84. The van der Waals surface area contributed by atoms with Crippen molar-refractivity contribution in [3.63, 3.8) is 0 Å². The molecule has 1 heterocycles. The molecule has 1 aliphatic rings. The quantitative estimate of drug-likeness (QED) is 0.257. The van der Waals surface area contributed by atoms with Crippen LogP contribution in [0.1, 0.15) is 18.4 Å². The van der Waals surface area contributed by atoms with Crippen molar-refractivity contribution >= 4 is 33.1 Å². The van der Waals surface area contributed by atoms with Crippen LogP contribution in [-0.4, -0.2) is 37.2 Å². The Morgan fingerprint density at radius 3 is 2.71 bits per heavy atom. The van der Waals surface area contributed by atoms with Crippen molar-refractivity contribution in [1.29, 1.82) is 0 Å². The second kappa shape index (κ2) is 10.7. The monoisotopic (exact) mass is 523 g/mol. The summed E-state index contributed by atoms with van der Waals surface area (Å²) < 4.78 is 60.6. The van der Waals surface area contributed by atoms with Crippen LogP contribution >= 0.6 is 11.6 Å². The summed E-state index contributed by atoms with van der Waals surface area (Å²) in [6.07, 6.45) is 3.79. The summed E-state index contributed by atoms with van der Waals surface area (Å²) in [5.74, 6) is -1.06. The van der Waals surface area contributed by atoms with Crippen LogP contribution in [0.25, 0.3) is 11.3 Å². The number of nitrogens with one attached hydrogen (secondary N) is 2. The second-order valence-corrected chi connectivity index (χ2v) is 10.4. The highest BCUT2D eigenvalue weighted by molar-refractivity contribution is 7.92. The lowest BCUT2D eigenvalue weighted by Crippen LogP contribution is -2.28. The Hall–Kier alpha value is -3.02. The molecular weight excluding hydrogens is 500 g/mol. The zero-order chi connectivity index (χ0) is 25.0. The second-order valence-electron chi connectivity index (χ2n) is 8.21. The van der Waals surface area contributed by atoms with Crippen molar-refractivity contribution < 1.29 is 21.9 Å². The first-order valence-corrected chi connectivity index (χ1v) is 12.9. The molecule has 12 heteroatoms. The zero-order valence-corrected chi connectivity index (χ0v) is 20.2. The Morgan fingerprint density at radius 2 is 1.94 bits per heavy atom. The van der Waals surface area contributed by atoms with Crippen LogP contribution in [0.4, 0.5) is 20.3 Å². The van der Waals surface area contributed by atoms with Gasteiger partial charge >= 0.3 is 0 Å². The fraction of sp³-hybridized carbons (Fsp3) is 0.304. The van der Waals surface area contributed by atoms with Gasteiger partial charge in [-0.3, -0.25) is 4.72 Å². The lowest BCUT2D eigenvalue weighted by atomic mass is 10.1. The van der Waals surface area contributed by atoms with Gasteiger partial charge in [0.25, 0.3) is 5.88 Å². The Labute approximate surface area is 206 Å². The topological polar surface area (TPSA) is 119 Å². The van der Waals surface area contributed by atoms with E-state index in [1.165, 1.54) is 19.0 Å². The maximum atomic E-state index is 14.0. The van der Waals surface area contributed by atoms with Crippen LogP contribution in [0.3, 0.4) is 0 Å². The molecule has 35 heavy (non-hydrogen) atoms. The van der Waals surface area contributed by atoms with Gasteiger partial charge in [-0.15, -0.1) is 0 Å². The number of sulfonamides is 1. The fourth-order valence-corrected chi connectivity index (χ4v) is 4.48. The molecule has 0 spiro atoms. The van der Waals surface area contributed by atoms with Crippen LogP contribution in [0, 0.1) is 17.6 Å². The van der Waals surface area contributed by atoms with Crippen molar-refractivity contribution in [3.8, 4) is 17.1 Å². The maximum Gasteiger partial charge on any atom is 0.258 e. The Balaban J connectivity index is 1.45. The minimum absolute atomic E-state index is 0.0528. The zero-order valence-electron chi connectivity index (χ0n) is 18.6. The van der Waals surface area contributed by atoms with Crippen molar-refractivity contribution in [1.82, 2.24) is 15.3 Å². The van der Waals surface area contributed by atoms with Crippen molar-refractivity contribution in [2.24, 2.45) is 5.92 Å². The summed E-state index contributed by atoms with van der Waals surface area (Å²) in [6, 6.07) is 8.46. The van der Waals surface area contributed by atoms with Gasteiger partial charge in [-0.05, 0) is 49.6 Å². The van der Waals surface area contributed by atoms with Gasteiger partial charge in [-0.1, -0.05) is 23.7 Å². The average molecular weight is 524 g/mol. The standard InChI is InChI=1S/C23H24ClF2N5O3S/c24-21-17(18(25)6-7-19(21)26)13-34-23-22(27)29-12-20(30-23)15-2-1-3-16(10-15)31-35(32,33)9-8-28-11-14-4-5-14/h1-3,6-7,10,12,14,28,31H,4-5,8-9,11,13H2,(H2,27,29). The summed E-state index contributed by atoms with van der Waals surface area (Å²) in [5, 5.41) is 2.76. The number of aromatic nitrogens is 2. The minimum atomic E-state index is -3.55. The van der Waals surface area contributed by atoms with Gasteiger partial charge in [0.15, 0.2) is 5.82 Å². The van der Waals surface area contributed by atoms with Crippen molar-refractivity contribution in [2.75, 3.05) is 29.3 Å². The molecular formula is C23H24ClF2N5O3S. The normalized spacial score (nSPS) is 13.6. The molecule has 4 N–H and O–H groups in total. The molecule has 3 aromatic rings. The lowest BCUT2D eigenvalue weighted by Gasteiger charge is -2.12. The maximum absolute atomic E-state index is 14.0. The first-order chi connectivity index (χ1) is 16.7. The highest BCUT2D eigenvalue weighted by Crippen LogP contribution is 2.29. The molecule has 1 aliphatic carbocycles. The number of nitrogens with zero attached hydrogens (tertiary/aromatic N) is 2. The van der Waals surface area contributed by atoms with E-state index < -0.39 is 33.3 Å². The lowest BCUT2D eigenvalue weighted by molar-refractivity contribution is 0.288.